The molecule has 8 nitrogen and oxygen atoms in total. The van der Waals surface area contributed by atoms with Gasteiger partial charge in [-0.1, -0.05) is 6.07 Å². The van der Waals surface area contributed by atoms with Gasteiger partial charge in [0, 0.05) is 63.4 Å². The molecule has 8 heteroatoms. The van der Waals surface area contributed by atoms with E-state index in [2.05, 4.69) is 33.1 Å². The van der Waals surface area contributed by atoms with Gasteiger partial charge in [0.15, 0.2) is 5.96 Å². The topological polar surface area (TPSA) is 96.1 Å². The summed E-state index contributed by atoms with van der Waals surface area (Å²) in [7, 11) is 1.76. The van der Waals surface area contributed by atoms with Crippen molar-refractivity contribution >= 4 is 17.7 Å². The number of amides is 1. The van der Waals surface area contributed by atoms with Crippen LogP contribution in [0.1, 0.15) is 31.7 Å². The molecule has 0 aromatic carbocycles. The molecular weight excluding hydrogens is 368 g/mol. The van der Waals surface area contributed by atoms with E-state index < -0.39 is 0 Å². The number of likely N-dealkylation sites (tertiary alicyclic amines) is 1. The molecule has 3 N–H and O–H groups in total. The van der Waals surface area contributed by atoms with Gasteiger partial charge in [-0.15, -0.1) is 0 Å². The lowest BCUT2D eigenvalue weighted by molar-refractivity contribution is -0.122. The number of aromatic nitrogens is 1. The molecule has 0 aliphatic carbocycles. The van der Waals surface area contributed by atoms with Crippen molar-refractivity contribution in [3.63, 3.8) is 0 Å². The molecule has 160 valence electrons. The third-order valence-corrected chi connectivity index (χ3v) is 5.79. The minimum atomic E-state index is -0.192. The van der Waals surface area contributed by atoms with E-state index in [1.54, 1.807) is 7.11 Å². The number of carbonyl (C=O) groups excluding carboxylic acids is 1. The minimum absolute atomic E-state index is 0.0213. The first-order valence-electron chi connectivity index (χ1n) is 10.6. The van der Waals surface area contributed by atoms with E-state index in [9.17, 15) is 4.79 Å². The highest BCUT2D eigenvalue weighted by molar-refractivity contribution is 5.80. The van der Waals surface area contributed by atoms with Crippen LogP contribution in [0.5, 0.6) is 0 Å². The number of pyridine rings is 1. The highest BCUT2D eigenvalue weighted by Gasteiger charge is 2.26. The molecule has 0 saturated carbocycles. The van der Waals surface area contributed by atoms with E-state index in [0.717, 1.165) is 75.9 Å². The SMILES string of the molecule is CCNC(=NCc1cccnc1N1CCC(C(N)=O)CC1)N1CCC(COC)C1. The number of carbonyl (C=O) groups is 1. The number of piperidine rings is 1. The molecule has 1 atom stereocenters. The number of nitrogens with zero attached hydrogens (tertiary/aromatic N) is 4. The van der Waals surface area contributed by atoms with E-state index in [4.69, 9.17) is 15.5 Å². The molecule has 1 unspecified atom stereocenters. The Morgan fingerprint density at radius 3 is 2.83 bits per heavy atom. The first-order chi connectivity index (χ1) is 14.1. The van der Waals surface area contributed by atoms with E-state index in [1.165, 1.54) is 0 Å². The molecule has 0 radical (unpaired) electrons. The Bertz CT molecular complexity index is 702. The number of guanidine groups is 1. The number of primary amides is 1. The van der Waals surface area contributed by atoms with Gasteiger partial charge in [-0.25, -0.2) is 9.98 Å². The van der Waals surface area contributed by atoms with Crippen molar-refractivity contribution in [1.82, 2.24) is 15.2 Å². The Labute approximate surface area is 173 Å². The number of hydrogen-bond acceptors (Lipinski definition) is 5. The second-order valence-electron chi connectivity index (χ2n) is 7.88. The zero-order valence-electron chi connectivity index (χ0n) is 17.6. The van der Waals surface area contributed by atoms with Crippen LogP contribution >= 0.6 is 0 Å². The first-order valence-corrected chi connectivity index (χ1v) is 10.6. The maximum Gasteiger partial charge on any atom is 0.220 e. The molecule has 2 aliphatic rings. The van der Waals surface area contributed by atoms with Crippen molar-refractivity contribution in [2.24, 2.45) is 22.6 Å². The standard InChI is InChI=1S/C21H34N6O2/c1-3-23-21(27-10-6-16(14-27)15-29-2)25-13-18-5-4-9-24-20(18)26-11-7-17(8-12-26)19(22)28/h4-5,9,16-17H,3,6-8,10-15H2,1-2H3,(H2,22,28)(H,23,25). The molecule has 0 spiro atoms. The number of ether oxygens (including phenoxy) is 1. The van der Waals surface area contributed by atoms with Gasteiger partial charge in [0.05, 0.1) is 13.2 Å². The van der Waals surface area contributed by atoms with Crippen LogP contribution in [0.2, 0.25) is 0 Å². The van der Waals surface area contributed by atoms with Crippen LogP contribution in [-0.4, -0.2) is 68.2 Å². The molecule has 1 amide bonds. The fourth-order valence-electron chi connectivity index (χ4n) is 4.20. The zero-order valence-corrected chi connectivity index (χ0v) is 17.6. The van der Waals surface area contributed by atoms with Crippen molar-refractivity contribution < 1.29 is 9.53 Å². The predicted octanol–water partition coefficient (Wildman–Crippen LogP) is 1.22. The molecule has 1 aromatic rings. The van der Waals surface area contributed by atoms with Crippen LogP contribution < -0.4 is 16.0 Å². The smallest absolute Gasteiger partial charge is 0.220 e. The highest BCUT2D eigenvalue weighted by atomic mass is 16.5. The summed E-state index contributed by atoms with van der Waals surface area (Å²) in [5, 5.41) is 3.42. The maximum absolute atomic E-state index is 11.4. The summed E-state index contributed by atoms with van der Waals surface area (Å²) in [6.07, 6.45) is 4.52. The Morgan fingerprint density at radius 1 is 1.34 bits per heavy atom. The van der Waals surface area contributed by atoms with Gasteiger partial charge in [-0.3, -0.25) is 4.79 Å². The molecule has 3 heterocycles. The monoisotopic (exact) mass is 402 g/mol. The summed E-state index contributed by atoms with van der Waals surface area (Å²) >= 11 is 0. The summed E-state index contributed by atoms with van der Waals surface area (Å²) in [5.74, 6) is 2.27. The third kappa shape index (κ3) is 5.59. The molecular formula is C21H34N6O2. The van der Waals surface area contributed by atoms with E-state index in [-0.39, 0.29) is 11.8 Å². The third-order valence-electron chi connectivity index (χ3n) is 5.79. The van der Waals surface area contributed by atoms with Crippen LogP contribution in [0.15, 0.2) is 23.3 Å². The van der Waals surface area contributed by atoms with Crippen LogP contribution in [0, 0.1) is 11.8 Å². The van der Waals surface area contributed by atoms with E-state index in [0.29, 0.717) is 12.5 Å². The molecule has 3 rings (SSSR count). The van der Waals surface area contributed by atoms with Gasteiger partial charge in [-0.05, 0) is 32.3 Å². The lowest BCUT2D eigenvalue weighted by Gasteiger charge is -2.32. The van der Waals surface area contributed by atoms with Crippen LogP contribution in [0.25, 0.3) is 0 Å². The highest BCUT2D eigenvalue weighted by Crippen LogP contribution is 2.25. The van der Waals surface area contributed by atoms with Gasteiger partial charge in [0.25, 0.3) is 0 Å². The predicted molar refractivity (Wildman–Crippen MR) is 115 cm³/mol. The molecule has 1 aromatic heterocycles. The largest absolute Gasteiger partial charge is 0.384 e. The number of methoxy groups -OCH3 is 1. The van der Waals surface area contributed by atoms with Crippen LogP contribution in [-0.2, 0) is 16.1 Å². The number of rotatable bonds is 7. The van der Waals surface area contributed by atoms with Crippen molar-refractivity contribution in [2.45, 2.75) is 32.7 Å². The van der Waals surface area contributed by atoms with Crippen molar-refractivity contribution in [1.29, 1.82) is 0 Å². The van der Waals surface area contributed by atoms with Gasteiger partial charge < -0.3 is 25.6 Å². The molecule has 2 saturated heterocycles. The maximum atomic E-state index is 11.4. The Morgan fingerprint density at radius 2 is 2.14 bits per heavy atom. The Kier molecular flexibility index (Phi) is 7.69. The van der Waals surface area contributed by atoms with Crippen LogP contribution in [0.3, 0.4) is 0 Å². The summed E-state index contributed by atoms with van der Waals surface area (Å²) in [4.78, 5) is 25.5. The lowest BCUT2D eigenvalue weighted by Crippen LogP contribution is -2.40. The summed E-state index contributed by atoms with van der Waals surface area (Å²) in [6, 6.07) is 4.05. The second kappa shape index (κ2) is 10.4. The summed E-state index contributed by atoms with van der Waals surface area (Å²) < 4.78 is 5.32. The lowest BCUT2D eigenvalue weighted by atomic mass is 9.96. The minimum Gasteiger partial charge on any atom is -0.384 e. The molecule has 0 bridgehead atoms. The van der Waals surface area contributed by atoms with E-state index >= 15 is 0 Å². The number of nitrogens with one attached hydrogen (secondary N) is 1. The normalized spacial score (nSPS) is 20.9. The van der Waals surface area contributed by atoms with Gasteiger partial charge in [-0.2, -0.15) is 0 Å². The van der Waals surface area contributed by atoms with Crippen molar-refractivity contribution in [3.05, 3.63) is 23.9 Å². The second-order valence-corrected chi connectivity index (χ2v) is 7.88. The number of hydrogen-bond donors (Lipinski definition) is 2. The van der Waals surface area contributed by atoms with Gasteiger partial charge in [0.1, 0.15) is 5.82 Å². The quantitative estimate of drug-likeness (QED) is 0.526. The average molecular weight is 403 g/mol. The molecule has 2 fully saturated rings. The number of aliphatic imine (C=N–C) groups is 1. The van der Waals surface area contributed by atoms with Gasteiger partial charge in [0.2, 0.25) is 5.91 Å². The fraction of sp³-hybridized carbons (Fsp3) is 0.667. The Hall–Kier alpha value is -2.35. The molecule has 2 aliphatic heterocycles. The van der Waals surface area contributed by atoms with Crippen molar-refractivity contribution in [2.75, 3.05) is 51.3 Å². The zero-order chi connectivity index (χ0) is 20.6. The summed E-state index contributed by atoms with van der Waals surface area (Å²) in [5.41, 5.74) is 6.57. The fourth-order valence-corrected chi connectivity index (χ4v) is 4.20. The van der Waals surface area contributed by atoms with Crippen molar-refractivity contribution in [3.8, 4) is 0 Å². The van der Waals surface area contributed by atoms with E-state index in [1.807, 2.05) is 12.3 Å². The Balaban J connectivity index is 1.68. The number of anilines is 1. The summed E-state index contributed by atoms with van der Waals surface area (Å²) in [6.45, 7) is 7.87. The first kappa shape index (κ1) is 21.4. The van der Waals surface area contributed by atoms with Gasteiger partial charge >= 0.3 is 0 Å². The van der Waals surface area contributed by atoms with Crippen LogP contribution in [0.4, 0.5) is 5.82 Å². The number of nitrogens with two attached hydrogens (primary N) is 1. The average Bonchev–Trinajstić information content (AvgIpc) is 3.20. The molecule has 29 heavy (non-hydrogen) atoms.